The molecule has 2 rings (SSSR count). The van der Waals surface area contributed by atoms with Crippen LogP contribution in [0.4, 0.5) is 0 Å². The second kappa shape index (κ2) is 6.46. The molecule has 0 unspecified atom stereocenters. The Morgan fingerprint density at radius 3 is 2.55 bits per heavy atom. The highest BCUT2D eigenvalue weighted by molar-refractivity contribution is 9.10. The number of halogens is 2. The van der Waals surface area contributed by atoms with Gasteiger partial charge in [0.1, 0.15) is 11.0 Å². The van der Waals surface area contributed by atoms with Crippen LogP contribution < -0.4 is 0 Å². The van der Waals surface area contributed by atoms with Crippen molar-refractivity contribution in [2.75, 3.05) is 0 Å². The van der Waals surface area contributed by atoms with Gasteiger partial charge in [0.2, 0.25) is 0 Å². The van der Waals surface area contributed by atoms with Gasteiger partial charge < -0.3 is 0 Å². The van der Waals surface area contributed by atoms with Crippen LogP contribution in [0.5, 0.6) is 0 Å². The van der Waals surface area contributed by atoms with E-state index in [9.17, 15) is 0 Å². The van der Waals surface area contributed by atoms with Gasteiger partial charge in [-0.25, -0.2) is 9.97 Å². The maximum Gasteiger partial charge on any atom is 0.140 e. The molecule has 0 N–H and O–H groups in total. The van der Waals surface area contributed by atoms with E-state index in [1.54, 1.807) is 11.8 Å². The van der Waals surface area contributed by atoms with Crippen molar-refractivity contribution in [3.05, 3.63) is 51.5 Å². The van der Waals surface area contributed by atoms with Crippen LogP contribution in [0.15, 0.2) is 39.7 Å². The Bertz CT molecular complexity index is 611. The molecule has 0 aliphatic carbocycles. The summed E-state index contributed by atoms with van der Waals surface area (Å²) in [7, 11) is 0. The van der Waals surface area contributed by atoms with Crippen LogP contribution in [0, 0.1) is 0 Å². The van der Waals surface area contributed by atoms with E-state index in [0.717, 1.165) is 16.0 Å². The zero-order valence-corrected chi connectivity index (χ0v) is 14.8. The van der Waals surface area contributed by atoms with Crippen LogP contribution in [0.3, 0.4) is 0 Å². The lowest BCUT2D eigenvalue weighted by atomic mass is 9.92. The third kappa shape index (κ3) is 4.21. The zero-order valence-electron chi connectivity index (χ0n) is 11.7. The Hall–Kier alpha value is -0.580. The minimum atomic E-state index is -0.0284. The molecule has 5 heteroatoms. The second-order valence-corrected chi connectivity index (χ2v) is 7.72. The van der Waals surface area contributed by atoms with Crippen LogP contribution in [0.2, 0.25) is 5.15 Å². The van der Waals surface area contributed by atoms with Gasteiger partial charge in [-0.15, -0.1) is 11.8 Å². The molecule has 0 aliphatic rings. The summed E-state index contributed by atoms with van der Waals surface area (Å²) in [6.07, 6.45) is 0. The maximum atomic E-state index is 6.10. The normalized spacial score (nSPS) is 11.7. The first kappa shape index (κ1) is 15.8. The molecule has 0 amide bonds. The lowest BCUT2D eigenvalue weighted by molar-refractivity contribution is 0.564. The standard InChI is InChI=1S/C15H16BrClN2S/c1-15(2,3)12-8-13(17)19-14(18-12)9-20-11-7-5-4-6-10(11)16/h4-8H,9H2,1-3H3. The summed E-state index contributed by atoms with van der Waals surface area (Å²) >= 11 is 11.3. The fourth-order valence-electron chi connectivity index (χ4n) is 1.62. The second-order valence-electron chi connectivity index (χ2n) is 5.46. The van der Waals surface area contributed by atoms with E-state index in [0.29, 0.717) is 10.9 Å². The van der Waals surface area contributed by atoms with Crippen molar-refractivity contribution in [1.29, 1.82) is 0 Å². The molecular formula is C15H16BrClN2S. The molecule has 20 heavy (non-hydrogen) atoms. The van der Waals surface area contributed by atoms with Gasteiger partial charge in [0, 0.05) is 14.8 Å². The third-order valence-corrected chi connectivity index (χ3v) is 4.92. The monoisotopic (exact) mass is 370 g/mol. The first-order valence-electron chi connectivity index (χ1n) is 6.27. The molecule has 0 radical (unpaired) electrons. The average Bonchev–Trinajstić information content (AvgIpc) is 2.36. The largest absolute Gasteiger partial charge is 0.236 e. The quantitative estimate of drug-likeness (QED) is 0.527. The minimum Gasteiger partial charge on any atom is -0.236 e. The molecule has 1 aromatic heterocycles. The Morgan fingerprint density at radius 2 is 1.90 bits per heavy atom. The summed E-state index contributed by atoms with van der Waals surface area (Å²) in [6, 6.07) is 9.97. The molecule has 106 valence electrons. The Kier molecular flexibility index (Phi) is 5.10. The topological polar surface area (TPSA) is 25.8 Å². The zero-order chi connectivity index (χ0) is 14.8. The molecule has 0 atom stereocenters. The summed E-state index contributed by atoms with van der Waals surface area (Å²) in [5, 5.41) is 0.507. The van der Waals surface area contributed by atoms with Crippen LogP contribution in [-0.2, 0) is 11.2 Å². The smallest absolute Gasteiger partial charge is 0.140 e. The number of rotatable bonds is 3. The number of hydrogen-bond acceptors (Lipinski definition) is 3. The van der Waals surface area contributed by atoms with Crippen molar-refractivity contribution in [1.82, 2.24) is 9.97 Å². The Morgan fingerprint density at radius 1 is 1.20 bits per heavy atom. The number of aromatic nitrogens is 2. The van der Waals surface area contributed by atoms with E-state index in [1.807, 2.05) is 24.3 Å². The molecule has 0 spiro atoms. The van der Waals surface area contributed by atoms with Crippen LogP contribution in [0.1, 0.15) is 32.3 Å². The van der Waals surface area contributed by atoms with E-state index in [1.165, 1.54) is 4.90 Å². The van der Waals surface area contributed by atoms with E-state index in [-0.39, 0.29) is 5.41 Å². The van der Waals surface area contributed by atoms with Gasteiger partial charge in [-0.3, -0.25) is 0 Å². The molecule has 0 saturated carbocycles. The predicted octanol–water partition coefficient (Wildman–Crippen LogP) is 5.48. The maximum absolute atomic E-state index is 6.10. The molecule has 0 fully saturated rings. The van der Waals surface area contributed by atoms with Gasteiger partial charge in [0.25, 0.3) is 0 Å². The van der Waals surface area contributed by atoms with Gasteiger partial charge in [0.15, 0.2) is 0 Å². The van der Waals surface area contributed by atoms with Crippen molar-refractivity contribution in [3.63, 3.8) is 0 Å². The van der Waals surface area contributed by atoms with Crippen LogP contribution in [0.25, 0.3) is 0 Å². The average molecular weight is 372 g/mol. The van der Waals surface area contributed by atoms with Crippen molar-refractivity contribution in [3.8, 4) is 0 Å². The third-order valence-electron chi connectivity index (χ3n) is 2.70. The molecule has 1 aromatic carbocycles. The van der Waals surface area contributed by atoms with E-state index >= 15 is 0 Å². The SMILES string of the molecule is CC(C)(C)c1cc(Cl)nc(CSc2ccccc2Br)n1. The lowest BCUT2D eigenvalue weighted by Crippen LogP contribution is -2.15. The van der Waals surface area contributed by atoms with Gasteiger partial charge in [-0.2, -0.15) is 0 Å². The first-order chi connectivity index (χ1) is 9.36. The molecule has 1 heterocycles. The van der Waals surface area contributed by atoms with Crippen molar-refractivity contribution in [2.45, 2.75) is 36.8 Å². The van der Waals surface area contributed by atoms with Gasteiger partial charge in [0.05, 0.1) is 11.4 Å². The summed E-state index contributed by atoms with van der Waals surface area (Å²) in [6.45, 7) is 6.36. The predicted molar refractivity (Wildman–Crippen MR) is 89.4 cm³/mol. The first-order valence-corrected chi connectivity index (χ1v) is 8.43. The van der Waals surface area contributed by atoms with Crippen molar-refractivity contribution in [2.24, 2.45) is 0 Å². The highest BCUT2D eigenvalue weighted by Crippen LogP contribution is 2.30. The van der Waals surface area contributed by atoms with E-state index < -0.39 is 0 Å². The van der Waals surface area contributed by atoms with Crippen LogP contribution >= 0.6 is 39.3 Å². The fraction of sp³-hybridized carbons (Fsp3) is 0.333. The number of hydrogen-bond donors (Lipinski definition) is 0. The van der Waals surface area contributed by atoms with Gasteiger partial charge >= 0.3 is 0 Å². The molecular weight excluding hydrogens is 356 g/mol. The fourth-order valence-corrected chi connectivity index (χ4v) is 3.24. The van der Waals surface area contributed by atoms with E-state index in [4.69, 9.17) is 11.6 Å². The molecule has 0 saturated heterocycles. The molecule has 2 nitrogen and oxygen atoms in total. The van der Waals surface area contributed by atoms with Crippen LogP contribution in [-0.4, -0.2) is 9.97 Å². The number of thioether (sulfide) groups is 1. The highest BCUT2D eigenvalue weighted by atomic mass is 79.9. The summed E-state index contributed by atoms with van der Waals surface area (Å²) in [5.74, 6) is 1.47. The number of benzene rings is 1. The number of nitrogens with zero attached hydrogens (tertiary/aromatic N) is 2. The minimum absolute atomic E-state index is 0.0284. The summed E-state index contributed by atoms with van der Waals surface area (Å²) in [4.78, 5) is 10.1. The molecule has 0 bridgehead atoms. The Balaban J connectivity index is 2.18. The Labute approximate surface area is 137 Å². The molecule has 0 aliphatic heterocycles. The highest BCUT2D eigenvalue weighted by Gasteiger charge is 2.17. The van der Waals surface area contributed by atoms with Gasteiger partial charge in [-0.1, -0.05) is 44.5 Å². The van der Waals surface area contributed by atoms with Gasteiger partial charge in [-0.05, 0) is 34.1 Å². The van der Waals surface area contributed by atoms with Crippen molar-refractivity contribution >= 4 is 39.3 Å². The van der Waals surface area contributed by atoms with Crippen molar-refractivity contribution < 1.29 is 0 Å². The summed E-state index contributed by atoms with van der Waals surface area (Å²) in [5.41, 5.74) is 0.944. The van der Waals surface area contributed by atoms with E-state index in [2.05, 4.69) is 52.7 Å². The molecule has 2 aromatic rings. The summed E-state index contributed by atoms with van der Waals surface area (Å²) < 4.78 is 1.09. The lowest BCUT2D eigenvalue weighted by Gasteiger charge is -2.18.